The van der Waals surface area contributed by atoms with E-state index in [-0.39, 0.29) is 38.5 Å². The molecule has 0 saturated carbocycles. The van der Waals surface area contributed by atoms with E-state index in [1.165, 1.54) is 24.5 Å². The zero-order valence-electron chi connectivity index (χ0n) is 29.6. The van der Waals surface area contributed by atoms with Gasteiger partial charge in [0.25, 0.3) is 0 Å². The summed E-state index contributed by atoms with van der Waals surface area (Å²) in [5.74, 6) is -1.02. The first-order chi connectivity index (χ1) is 25.2. The van der Waals surface area contributed by atoms with Gasteiger partial charge < -0.3 is 15.0 Å². The van der Waals surface area contributed by atoms with E-state index in [0.29, 0.717) is 0 Å². The van der Waals surface area contributed by atoms with Crippen LogP contribution in [0.1, 0.15) is 36.7 Å². The van der Waals surface area contributed by atoms with Crippen molar-refractivity contribution in [2.75, 3.05) is 0 Å². The van der Waals surface area contributed by atoms with Gasteiger partial charge in [-0.2, -0.15) is 0 Å². The maximum Gasteiger partial charge on any atom is 0.166 e. The number of aromatic carboxylic acids is 1. The largest absolute Gasteiger partial charge is 0.869 e. The van der Waals surface area contributed by atoms with Crippen molar-refractivity contribution in [2.45, 2.75) is 55.6 Å². The number of hydrogen-bond acceptors (Lipinski definition) is 3. The normalized spacial score (nSPS) is 10.8. The summed E-state index contributed by atoms with van der Waals surface area (Å²) in [5.41, 5.74) is 1.41. The molecule has 5 heteroatoms. The summed E-state index contributed by atoms with van der Waals surface area (Å²) < 4.78 is 0. The first kappa shape index (κ1) is 37.8. The molecule has 0 aromatic heterocycles. The number of rotatable bonds is 7. The minimum Gasteiger partial charge on any atom is -0.869 e. The van der Waals surface area contributed by atoms with Crippen LogP contribution in [0.2, 0.25) is 0 Å². The maximum absolute atomic E-state index is 12.2. The lowest BCUT2D eigenvalue weighted by Gasteiger charge is -2.19. The van der Waals surface area contributed by atoms with Crippen molar-refractivity contribution in [1.29, 1.82) is 0 Å². The predicted octanol–water partition coefficient (Wildman–Crippen LogP) is 9.99. The molecule has 0 unspecified atom stereocenters. The Morgan fingerprint density at radius 2 is 0.731 bits per heavy atom. The number of carbonyl (C=O) groups is 1. The van der Waals surface area contributed by atoms with Gasteiger partial charge in [-0.25, -0.2) is 0 Å². The number of carbonyl (C=O) groups excluding carboxylic acids is 1. The van der Waals surface area contributed by atoms with Crippen molar-refractivity contribution in [3.8, 4) is 5.75 Å². The summed E-state index contributed by atoms with van der Waals surface area (Å²) in [6.45, 7) is 6.25. The molecule has 7 aromatic rings. The van der Waals surface area contributed by atoms with Crippen LogP contribution in [0.15, 0.2) is 230 Å². The second-order valence-corrected chi connectivity index (χ2v) is 16.8. The van der Waals surface area contributed by atoms with Crippen molar-refractivity contribution in [2.24, 2.45) is 0 Å². The topological polar surface area (TPSA) is 63.2 Å². The molecule has 7 aromatic carbocycles. The third-order valence-electron chi connectivity index (χ3n) is 7.95. The molecule has 0 amide bonds. The Balaban J connectivity index is 0.000000155. The lowest BCUT2D eigenvalue weighted by atomic mass is 9.87. The van der Waals surface area contributed by atoms with Crippen LogP contribution in [0.25, 0.3) is 0 Å². The Bertz CT molecular complexity index is 1950. The van der Waals surface area contributed by atoms with E-state index in [1.54, 1.807) is 24.3 Å². The van der Waals surface area contributed by atoms with Crippen LogP contribution in [0.3, 0.4) is 0 Å². The molecule has 0 aliphatic carbocycles. The van der Waals surface area contributed by atoms with Gasteiger partial charge in [0.1, 0.15) is 0 Å². The van der Waals surface area contributed by atoms with E-state index in [2.05, 4.69) is 136 Å². The van der Waals surface area contributed by atoms with Gasteiger partial charge in [-0.1, -0.05) is 160 Å². The molecule has 0 aliphatic rings. The molecule has 52 heavy (non-hydrogen) atoms. The van der Waals surface area contributed by atoms with Crippen molar-refractivity contribution in [1.82, 2.24) is 0 Å². The molecular formula is C47H42O3S2. The molecule has 3 nitrogen and oxygen atoms in total. The Labute approximate surface area is 314 Å². The summed E-state index contributed by atoms with van der Waals surface area (Å²) in [5, 5.41) is 22.7. The zero-order chi connectivity index (χ0) is 36.8. The third-order valence-corrected chi connectivity index (χ3v) is 12.4. The first-order valence-corrected chi connectivity index (χ1v) is 19.5. The molecule has 0 saturated heterocycles. The highest BCUT2D eigenvalue weighted by Gasteiger charge is 2.29. The quantitative estimate of drug-likeness (QED) is 0.154. The van der Waals surface area contributed by atoms with Crippen LogP contribution in [-0.4, -0.2) is 5.97 Å². The first-order valence-electron chi connectivity index (χ1n) is 17.0. The fourth-order valence-electron chi connectivity index (χ4n) is 5.31. The summed E-state index contributed by atoms with van der Waals surface area (Å²) in [6, 6.07) is 66.7. The molecule has 260 valence electrons. The highest BCUT2D eigenvalue weighted by Crippen LogP contribution is 2.35. The van der Waals surface area contributed by atoms with Gasteiger partial charge in [-0.05, 0) is 83.3 Å². The van der Waals surface area contributed by atoms with Gasteiger partial charge in [0.2, 0.25) is 0 Å². The summed E-state index contributed by atoms with van der Waals surface area (Å²) in [4.78, 5) is 17.7. The van der Waals surface area contributed by atoms with Crippen molar-refractivity contribution in [3.63, 3.8) is 0 Å². The van der Waals surface area contributed by atoms with Crippen LogP contribution < -0.4 is 10.2 Å². The number of carboxylic acid groups (broad SMARTS) is 1. The van der Waals surface area contributed by atoms with Gasteiger partial charge in [-0.3, -0.25) is 0 Å². The summed E-state index contributed by atoms with van der Waals surface area (Å²) in [6.07, 6.45) is 0. The molecule has 0 heterocycles. The molecule has 0 radical (unpaired) electrons. The Morgan fingerprint density at radius 3 is 1.04 bits per heavy atom. The van der Waals surface area contributed by atoms with Gasteiger partial charge in [0.15, 0.2) is 29.4 Å². The zero-order valence-corrected chi connectivity index (χ0v) is 31.2. The second-order valence-electron chi connectivity index (χ2n) is 12.7. The minimum atomic E-state index is -1.12. The highest BCUT2D eigenvalue weighted by atomic mass is 32.2. The second kappa shape index (κ2) is 18.7. The summed E-state index contributed by atoms with van der Waals surface area (Å²) in [7, 11) is -0.353. The lowest BCUT2D eigenvalue weighted by Crippen LogP contribution is -2.22. The van der Waals surface area contributed by atoms with Gasteiger partial charge in [0.05, 0.1) is 27.8 Å². The number of para-hydroxylation sites is 1. The predicted molar refractivity (Wildman–Crippen MR) is 212 cm³/mol. The van der Waals surface area contributed by atoms with Gasteiger partial charge in [0, 0.05) is 0 Å². The fourth-order valence-corrected chi connectivity index (χ4v) is 9.53. The minimum absolute atomic E-state index is 0.0146. The molecule has 0 bridgehead atoms. The van der Waals surface area contributed by atoms with Gasteiger partial charge >= 0.3 is 0 Å². The SMILES string of the molecule is CC(C)(C)c1ccc(C(=O)[O-])cc1.[O-]c1ccccc1[S+](c1ccccc1)c1ccccc1.c1ccc([S+](c2ccccc2)c2ccccc2)cc1. The lowest BCUT2D eigenvalue weighted by molar-refractivity contribution is -0.272. The molecule has 0 atom stereocenters. The summed E-state index contributed by atoms with van der Waals surface area (Å²) >= 11 is 0. The molecule has 0 spiro atoms. The monoisotopic (exact) mass is 718 g/mol. The Kier molecular flexibility index (Phi) is 13.5. The van der Waals surface area contributed by atoms with Crippen LogP contribution in [0, 0.1) is 0 Å². The molecule has 0 N–H and O–H groups in total. The smallest absolute Gasteiger partial charge is 0.166 e. The van der Waals surface area contributed by atoms with E-state index in [0.717, 1.165) is 10.5 Å². The Hall–Kier alpha value is -5.49. The van der Waals surface area contributed by atoms with Crippen molar-refractivity contribution >= 4 is 27.8 Å². The van der Waals surface area contributed by atoms with Gasteiger partial charge in [-0.15, -0.1) is 0 Å². The fraction of sp³-hybridized carbons (Fsp3) is 0.0851. The average Bonchev–Trinajstić information content (AvgIpc) is 3.18. The molecular weight excluding hydrogens is 677 g/mol. The molecule has 0 fully saturated rings. The van der Waals surface area contributed by atoms with E-state index >= 15 is 0 Å². The van der Waals surface area contributed by atoms with Crippen molar-refractivity contribution in [3.05, 3.63) is 211 Å². The maximum atomic E-state index is 12.2. The van der Waals surface area contributed by atoms with Crippen LogP contribution in [-0.2, 0) is 27.2 Å². The number of carboxylic acids is 1. The van der Waals surface area contributed by atoms with E-state index in [1.807, 2.05) is 60.7 Å². The third kappa shape index (κ3) is 10.5. The number of hydrogen-bond donors (Lipinski definition) is 0. The van der Waals surface area contributed by atoms with E-state index < -0.39 is 5.97 Å². The van der Waals surface area contributed by atoms with Crippen LogP contribution >= 0.6 is 0 Å². The Morgan fingerprint density at radius 1 is 0.423 bits per heavy atom. The van der Waals surface area contributed by atoms with E-state index in [9.17, 15) is 15.0 Å². The van der Waals surface area contributed by atoms with E-state index in [4.69, 9.17) is 0 Å². The van der Waals surface area contributed by atoms with Crippen LogP contribution in [0.4, 0.5) is 0 Å². The highest BCUT2D eigenvalue weighted by molar-refractivity contribution is 7.97. The molecule has 0 aliphatic heterocycles. The standard InChI is InChI=1S/C18H14OS.C18H15S.C11H14O2/c19-17-13-7-8-14-18(17)20(15-9-3-1-4-10-15)16-11-5-2-6-12-16;1-4-10-16(11-5-1)19(17-12-6-2-7-13-17)18-14-8-3-9-15-18;1-11(2,3)9-6-4-8(5-7-9)10(12)13/h1-14H;1-15H;4-7H,1-3H3,(H,12,13)/q;+1;/p-1. The average molecular weight is 719 g/mol. The van der Waals surface area contributed by atoms with Crippen molar-refractivity contribution < 1.29 is 15.0 Å². The molecule has 7 rings (SSSR count). The number of benzene rings is 7. The van der Waals surface area contributed by atoms with Crippen LogP contribution in [0.5, 0.6) is 5.75 Å².